The van der Waals surface area contributed by atoms with E-state index in [9.17, 15) is 9.18 Å². The molecule has 0 unspecified atom stereocenters. The second kappa shape index (κ2) is 5.92. The van der Waals surface area contributed by atoms with Gasteiger partial charge in [-0.25, -0.2) is 4.39 Å². The van der Waals surface area contributed by atoms with Gasteiger partial charge in [0.25, 0.3) is 0 Å². The van der Waals surface area contributed by atoms with Crippen molar-refractivity contribution in [3.8, 4) is 0 Å². The maximum absolute atomic E-state index is 13.8. The van der Waals surface area contributed by atoms with Gasteiger partial charge in [-0.2, -0.15) is 0 Å². The van der Waals surface area contributed by atoms with E-state index in [4.69, 9.17) is 0 Å². The van der Waals surface area contributed by atoms with Crippen molar-refractivity contribution in [2.24, 2.45) is 0 Å². The van der Waals surface area contributed by atoms with Gasteiger partial charge in [0.1, 0.15) is 11.6 Å². The lowest BCUT2D eigenvalue weighted by molar-refractivity contribution is -0.118. The van der Waals surface area contributed by atoms with E-state index in [0.717, 1.165) is 5.56 Å². The standard InChI is InChI=1S/C14H20FNO/c1-9(2)16-8-13(11(4)17)12-6-5-10(3)7-14(12)15/h5-7,9,13,16H,8H2,1-4H3/t13-/m0/s1. The number of ketones is 1. The number of nitrogens with one attached hydrogen (secondary N) is 1. The van der Waals surface area contributed by atoms with Crippen LogP contribution < -0.4 is 5.32 Å². The molecule has 0 saturated heterocycles. The summed E-state index contributed by atoms with van der Waals surface area (Å²) in [6.07, 6.45) is 0. The molecule has 0 aliphatic rings. The molecule has 3 heteroatoms. The van der Waals surface area contributed by atoms with Crippen molar-refractivity contribution in [1.82, 2.24) is 5.32 Å². The van der Waals surface area contributed by atoms with E-state index in [0.29, 0.717) is 12.1 Å². The molecule has 1 N–H and O–H groups in total. The second-order valence-corrected chi connectivity index (χ2v) is 4.75. The van der Waals surface area contributed by atoms with Crippen molar-refractivity contribution in [3.05, 3.63) is 35.1 Å². The Balaban J connectivity index is 2.93. The van der Waals surface area contributed by atoms with Gasteiger partial charge in [0.05, 0.1) is 5.92 Å². The summed E-state index contributed by atoms with van der Waals surface area (Å²) in [7, 11) is 0. The zero-order valence-corrected chi connectivity index (χ0v) is 10.9. The van der Waals surface area contributed by atoms with Crippen LogP contribution in [0.5, 0.6) is 0 Å². The van der Waals surface area contributed by atoms with Crippen LogP contribution in [0.15, 0.2) is 18.2 Å². The lowest BCUT2D eigenvalue weighted by Gasteiger charge is -2.18. The molecule has 0 radical (unpaired) electrons. The van der Waals surface area contributed by atoms with E-state index in [1.165, 1.54) is 13.0 Å². The topological polar surface area (TPSA) is 29.1 Å². The molecule has 0 aliphatic heterocycles. The third kappa shape index (κ3) is 3.93. The van der Waals surface area contributed by atoms with Crippen molar-refractivity contribution in [2.75, 3.05) is 6.54 Å². The average molecular weight is 237 g/mol. The zero-order valence-electron chi connectivity index (χ0n) is 10.9. The van der Waals surface area contributed by atoms with Crippen LogP contribution in [0.25, 0.3) is 0 Å². The van der Waals surface area contributed by atoms with E-state index in [1.807, 2.05) is 26.8 Å². The normalized spacial score (nSPS) is 12.8. The van der Waals surface area contributed by atoms with Gasteiger partial charge >= 0.3 is 0 Å². The maximum Gasteiger partial charge on any atom is 0.138 e. The van der Waals surface area contributed by atoms with E-state index in [-0.39, 0.29) is 17.6 Å². The molecule has 0 heterocycles. The van der Waals surface area contributed by atoms with Crippen molar-refractivity contribution in [3.63, 3.8) is 0 Å². The number of halogens is 1. The van der Waals surface area contributed by atoms with Gasteiger partial charge in [0.15, 0.2) is 0 Å². The fourth-order valence-electron chi connectivity index (χ4n) is 1.74. The Morgan fingerprint density at radius 2 is 2.06 bits per heavy atom. The lowest BCUT2D eigenvalue weighted by atomic mass is 9.94. The van der Waals surface area contributed by atoms with Gasteiger partial charge < -0.3 is 5.32 Å². The molecule has 1 rings (SSSR count). The SMILES string of the molecule is CC(=O)[C@H](CNC(C)C)c1ccc(C)cc1F. The highest BCUT2D eigenvalue weighted by molar-refractivity contribution is 5.83. The van der Waals surface area contributed by atoms with Crippen molar-refractivity contribution in [2.45, 2.75) is 39.7 Å². The monoisotopic (exact) mass is 237 g/mol. The molecule has 17 heavy (non-hydrogen) atoms. The van der Waals surface area contributed by atoms with Crippen LogP contribution in [-0.4, -0.2) is 18.4 Å². The summed E-state index contributed by atoms with van der Waals surface area (Å²) in [5.41, 5.74) is 1.35. The van der Waals surface area contributed by atoms with Crippen LogP contribution in [0, 0.1) is 12.7 Å². The molecule has 0 aliphatic carbocycles. The summed E-state index contributed by atoms with van der Waals surface area (Å²) in [6, 6.07) is 5.30. The predicted molar refractivity (Wildman–Crippen MR) is 67.7 cm³/mol. The zero-order chi connectivity index (χ0) is 13.0. The first kappa shape index (κ1) is 13.8. The summed E-state index contributed by atoms with van der Waals surface area (Å²) in [5, 5.41) is 3.18. The minimum Gasteiger partial charge on any atom is -0.313 e. The number of carbonyl (C=O) groups excluding carboxylic acids is 1. The largest absolute Gasteiger partial charge is 0.313 e. The van der Waals surface area contributed by atoms with Gasteiger partial charge in [-0.15, -0.1) is 0 Å². The smallest absolute Gasteiger partial charge is 0.138 e. The first-order valence-electron chi connectivity index (χ1n) is 5.91. The molecule has 0 amide bonds. The molecular weight excluding hydrogens is 217 g/mol. The third-order valence-corrected chi connectivity index (χ3v) is 2.75. The minimum atomic E-state index is -0.405. The third-order valence-electron chi connectivity index (χ3n) is 2.75. The summed E-state index contributed by atoms with van der Waals surface area (Å²) in [4.78, 5) is 11.6. The van der Waals surface area contributed by atoms with Crippen LogP contribution in [0.4, 0.5) is 4.39 Å². The Morgan fingerprint density at radius 1 is 1.41 bits per heavy atom. The first-order valence-corrected chi connectivity index (χ1v) is 5.91. The molecule has 0 spiro atoms. The summed E-state index contributed by atoms with van der Waals surface area (Å²) in [6.45, 7) is 7.83. The van der Waals surface area contributed by atoms with Gasteiger partial charge in [-0.1, -0.05) is 26.0 Å². The van der Waals surface area contributed by atoms with E-state index >= 15 is 0 Å². The van der Waals surface area contributed by atoms with Crippen LogP contribution in [-0.2, 0) is 4.79 Å². The summed E-state index contributed by atoms with van der Waals surface area (Å²) >= 11 is 0. The number of Topliss-reactive ketones (excluding diaryl/α,β-unsaturated/α-hetero) is 1. The number of hydrogen-bond acceptors (Lipinski definition) is 2. The first-order chi connectivity index (χ1) is 7.91. The molecule has 1 atom stereocenters. The number of benzene rings is 1. The fourth-order valence-corrected chi connectivity index (χ4v) is 1.74. The quantitative estimate of drug-likeness (QED) is 0.853. The molecule has 0 fully saturated rings. The summed E-state index contributed by atoms with van der Waals surface area (Å²) < 4.78 is 13.8. The molecule has 1 aromatic rings. The molecule has 1 aromatic carbocycles. The van der Waals surface area contributed by atoms with Crippen molar-refractivity contribution < 1.29 is 9.18 Å². The molecular formula is C14H20FNO. The van der Waals surface area contributed by atoms with Crippen molar-refractivity contribution in [1.29, 1.82) is 0 Å². The van der Waals surface area contributed by atoms with Crippen LogP contribution >= 0.6 is 0 Å². The van der Waals surface area contributed by atoms with Gasteiger partial charge in [0, 0.05) is 12.6 Å². The maximum atomic E-state index is 13.8. The second-order valence-electron chi connectivity index (χ2n) is 4.75. The highest BCUT2D eigenvalue weighted by Crippen LogP contribution is 2.21. The van der Waals surface area contributed by atoms with Gasteiger partial charge in [-0.3, -0.25) is 4.79 Å². The molecule has 0 bridgehead atoms. The van der Waals surface area contributed by atoms with Crippen LogP contribution in [0.1, 0.15) is 37.8 Å². The van der Waals surface area contributed by atoms with E-state index in [2.05, 4.69) is 5.32 Å². The lowest BCUT2D eigenvalue weighted by Crippen LogP contribution is -2.31. The highest BCUT2D eigenvalue weighted by atomic mass is 19.1. The number of hydrogen-bond donors (Lipinski definition) is 1. The van der Waals surface area contributed by atoms with Crippen LogP contribution in [0.2, 0.25) is 0 Å². The molecule has 0 saturated carbocycles. The number of aryl methyl sites for hydroxylation is 1. The Kier molecular flexibility index (Phi) is 4.82. The number of rotatable bonds is 5. The highest BCUT2D eigenvalue weighted by Gasteiger charge is 2.20. The number of carbonyl (C=O) groups is 1. The average Bonchev–Trinajstić information content (AvgIpc) is 2.20. The fraction of sp³-hybridized carbons (Fsp3) is 0.500. The Hall–Kier alpha value is -1.22. The Morgan fingerprint density at radius 3 is 2.53 bits per heavy atom. The van der Waals surface area contributed by atoms with Crippen LogP contribution in [0.3, 0.4) is 0 Å². The molecule has 2 nitrogen and oxygen atoms in total. The summed E-state index contributed by atoms with van der Waals surface area (Å²) in [5.74, 6) is -0.713. The molecule has 94 valence electrons. The van der Waals surface area contributed by atoms with Crippen molar-refractivity contribution >= 4 is 5.78 Å². The Labute approximate surface area is 102 Å². The molecule has 0 aromatic heterocycles. The predicted octanol–water partition coefficient (Wildman–Crippen LogP) is 2.80. The Bertz CT molecular complexity index is 401. The van der Waals surface area contributed by atoms with Gasteiger partial charge in [-0.05, 0) is 31.0 Å². The van der Waals surface area contributed by atoms with E-state index < -0.39 is 5.92 Å². The van der Waals surface area contributed by atoms with Gasteiger partial charge in [0.2, 0.25) is 0 Å². The van der Waals surface area contributed by atoms with E-state index in [1.54, 1.807) is 6.07 Å². The minimum absolute atomic E-state index is 0.0131.